The van der Waals surface area contributed by atoms with Crippen molar-refractivity contribution in [2.75, 3.05) is 0 Å². The second-order valence-electron chi connectivity index (χ2n) is 3.88. The average molecular weight is 185 g/mol. The van der Waals surface area contributed by atoms with Crippen molar-refractivity contribution in [2.24, 2.45) is 0 Å². The highest BCUT2D eigenvalue weighted by Gasteiger charge is 2.27. The lowest BCUT2D eigenvalue weighted by Gasteiger charge is -1.99. The number of carbonyl (C=O) groups excluding carboxylic acids is 1. The summed E-state index contributed by atoms with van der Waals surface area (Å²) in [4.78, 5) is 11.0. The summed E-state index contributed by atoms with van der Waals surface area (Å²) in [6.45, 7) is 0. The number of nitrogens with zero attached hydrogens (tertiary/aromatic N) is 1. The summed E-state index contributed by atoms with van der Waals surface area (Å²) in [5, 5.41) is 1.17. The molecule has 1 fully saturated rings. The fourth-order valence-electron chi connectivity index (χ4n) is 2.01. The molecule has 0 spiro atoms. The molecule has 0 unspecified atom stereocenters. The Hall–Kier alpha value is -1.57. The van der Waals surface area contributed by atoms with Gasteiger partial charge in [0.1, 0.15) is 0 Å². The van der Waals surface area contributed by atoms with Crippen LogP contribution < -0.4 is 0 Å². The molecular weight excluding hydrogens is 174 g/mol. The Balaban J connectivity index is 2.33. The van der Waals surface area contributed by atoms with Gasteiger partial charge in [0.15, 0.2) is 0 Å². The van der Waals surface area contributed by atoms with Crippen LogP contribution in [0.15, 0.2) is 30.3 Å². The Morgan fingerprint density at radius 1 is 1.29 bits per heavy atom. The molecule has 70 valence electrons. The van der Waals surface area contributed by atoms with E-state index in [2.05, 4.69) is 12.1 Å². The molecule has 1 saturated carbocycles. The SMILES string of the molecule is O=Cn1c(C2CC2)cc2ccccc21. The van der Waals surface area contributed by atoms with E-state index in [0.29, 0.717) is 5.92 Å². The standard InChI is InChI=1S/C12H11NO/c14-8-13-11-4-2-1-3-10(11)7-12(13)9-5-6-9/h1-4,7-9H,5-6H2. The van der Waals surface area contributed by atoms with Gasteiger partial charge in [-0.1, -0.05) is 18.2 Å². The highest BCUT2D eigenvalue weighted by atomic mass is 16.1. The van der Waals surface area contributed by atoms with E-state index in [9.17, 15) is 4.79 Å². The molecule has 0 N–H and O–H groups in total. The number of aromatic nitrogens is 1. The number of hydrogen-bond acceptors (Lipinski definition) is 1. The van der Waals surface area contributed by atoms with Crippen LogP contribution in [0.3, 0.4) is 0 Å². The number of fused-ring (bicyclic) bond motifs is 1. The molecule has 0 saturated heterocycles. The summed E-state index contributed by atoms with van der Waals surface area (Å²) in [6, 6.07) is 10.2. The maximum Gasteiger partial charge on any atom is 0.218 e. The minimum Gasteiger partial charge on any atom is -0.287 e. The summed E-state index contributed by atoms with van der Waals surface area (Å²) in [5.74, 6) is 0.618. The maximum atomic E-state index is 11.0. The normalized spacial score (nSPS) is 16.0. The molecule has 0 aliphatic heterocycles. The second-order valence-corrected chi connectivity index (χ2v) is 3.88. The molecule has 0 bridgehead atoms. The zero-order valence-corrected chi connectivity index (χ0v) is 7.81. The van der Waals surface area contributed by atoms with Crippen LogP contribution in [0.1, 0.15) is 24.5 Å². The third-order valence-corrected chi connectivity index (χ3v) is 2.88. The van der Waals surface area contributed by atoms with E-state index in [4.69, 9.17) is 0 Å². The Labute approximate surface area is 82.1 Å². The number of para-hydroxylation sites is 1. The largest absolute Gasteiger partial charge is 0.287 e. The fraction of sp³-hybridized carbons (Fsp3) is 0.250. The number of carbonyl (C=O) groups is 1. The van der Waals surface area contributed by atoms with E-state index in [1.807, 2.05) is 18.2 Å². The van der Waals surface area contributed by atoms with E-state index in [1.165, 1.54) is 23.9 Å². The third-order valence-electron chi connectivity index (χ3n) is 2.88. The van der Waals surface area contributed by atoms with Crippen LogP contribution in [-0.4, -0.2) is 11.0 Å². The van der Waals surface area contributed by atoms with Gasteiger partial charge >= 0.3 is 0 Å². The number of rotatable bonds is 2. The number of benzene rings is 1. The zero-order chi connectivity index (χ0) is 9.54. The van der Waals surface area contributed by atoms with Crippen molar-refractivity contribution < 1.29 is 4.79 Å². The van der Waals surface area contributed by atoms with Gasteiger partial charge < -0.3 is 0 Å². The van der Waals surface area contributed by atoms with Crippen LogP contribution in [0.5, 0.6) is 0 Å². The molecule has 1 aromatic heterocycles. The van der Waals surface area contributed by atoms with Crippen molar-refractivity contribution in [3.05, 3.63) is 36.0 Å². The van der Waals surface area contributed by atoms with Crippen molar-refractivity contribution in [1.29, 1.82) is 0 Å². The quantitative estimate of drug-likeness (QED) is 0.659. The van der Waals surface area contributed by atoms with Crippen LogP contribution in [-0.2, 0) is 4.79 Å². The van der Waals surface area contributed by atoms with Crippen molar-refractivity contribution in [3.63, 3.8) is 0 Å². The highest BCUT2D eigenvalue weighted by molar-refractivity contribution is 5.87. The van der Waals surface area contributed by atoms with E-state index < -0.39 is 0 Å². The Morgan fingerprint density at radius 2 is 2.07 bits per heavy atom. The maximum absolute atomic E-state index is 11.0. The summed E-state index contributed by atoms with van der Waals surface area (Å²) >= 11 is 0. The average Bonchev–Trinajstić information content (AvgIpc) is 2.99. The highest BCUT2D eigenvalue weighted by Crippen LogP contribution is 2.41. The lowest BCUT2D eigenvalue weighted by atomic mass is 10.2. The smallest absolute Gasteiger partial charge is 0.218 e. The molecule has 1 aromatic carbocycles. The van der Waals surface area contributed by atoms with Gasteiger partial charge in [0.25, 0.3) is 0 Å². The van der Waals surface area contributed by atoms with Gasteiger partial charge in [0, 0.05) is 11.1 Å². The molecule has 0 amide bonds. The Kier molecular flexibility index (Phi) is 1.51. The second kappa shape index (κ2) is 2.71. The fourth-order valence-corrected chi connectivity index (χ4v) is 2.01. The van der Waals surface area contributed by atoms with Gasteiger partial charge in [-0.3, -0.25) is 9.36 Å². The minimum atomic E-state index is 0.618. The molecule has 14 heavy (non-hydrogen) atoms. The van der Waals surface area contributed by atoms with Crippen LogP contribution >= 0.6 is 0 Å². The van der Waals surface area contributed by atoms with Gasteiger partial charge in [-0.25, -0.2) is 0 Å². The Bertz CT molecular complexity index is 494. The molecule has 2 nitrogen and oxygen atoms in total. The molecule has 2 aromatic rings. The third kappa shape index (κ3) is 1.00. The molecule has 1 aliphatic carbocycles. The van der Waals surface area contributed by atoms with E-state index in [1.54, 1.807) is 4.57 Å². The molecule has 1 aliphatic rings. The molecular formula is C12H11NO. The summed E-state index contributed by atoms with van der Waals surface area (Å²) in [5.41, 5.74) is 2.21. The predicted molar refractivity (Wildman–Crippen MR) is 56.1 cm³/mol. The van der Waals surface area contributed by atoms with E-state index >= 15 is 0 Å². The predicted octanol–water partition coefficient (Wildman–Crippen LogP) is 2.56. The lowest BCUT2D eigenvalue weighted by molar-refractivity contribution is 0.547. The van der Waals surface area contributed by atoms with Gasteiger partial charge in [0.2, 0.25) is 6.41 Å². The lowest BCUT2D eigenvalue weighted by Crippen LogP contribution is -1.98. The first-order valence-electron chi connectivity index (χ1n) is 4.95. The van der Waals surface area contributed by atoms with Gasteiger partial charge in [-0.15, -0.1) is 0 Å². The molecule has 0 atom stereocenters. The van der Waals surface area contributed by atoms with Gasteiger partial charge in [-0.2, -0.15) is 0 Å². The molecule has 0 radical (unpaired) electrons. The monoisotopic (exact) mass is 185 g/mol. The Morgan fingerprint density at radius 3 is 2.79 bits per heavy atom. The van der Waals surface area contributed by atoms with E-state index in [-0.39, 0.29) is 0 Å². The number of hydrogen-bond donors (Lipinski definition) is 0. The first-order valence-corrected chi connectivity index (χ1v) is 4.95. The topological polar surface area (TPSA) is 22.0 Å². The van der Waals surface area contributed by atoms with Crippen LogP contribution in [0, 0.1) is 0 Å². The van der Waals surface area contributed by atoms with E-state index in [0.717, 1.165) is 11.9 Å². The minimum absolute atomic E-state index is 0.618. The summed E-state index contributed by atoms with van der Waals surface area (Å²) < 4.78 is 1.78. The first kappa shape index (κ1) is 7.80. The first-order chi connectivity index (χ1) is 6.90. The molecule has 3 rings (SSSR count). The van der Waals surface area contributed by atoms with Gasteiger partial charge in [-0.05, 0) is 30.9 Å². The van der Waals surface area contributed by atoms with Crippen molar-refractivity contribution >= 4 is 17.3 Å². The molecule has 2 heteroatoms. The van der Waals surface area contributed by atoms with Gasteiger partial charge in [0.05, 0.1) is 5.52 Å². The van der Waals surface area contributed by atoms with Crippen LogP contribution in [0.4, 0.5) is 0 Å². The van der Waals surface area contributed by atoms with Crippen molar-refractivity contribution in [3.8, 4) is 0 Å². The summed E-state index contributed by atoms with van der Waals surface area (Å²) in [7, 11) is 0. The van der Waals surface area contributed by atoms with Crippen molar-refractivity contribution in [2.45, 2.75) is 18.8 Å². The zero-order valence-electron chi connectivity index (χ0n) is 7.81. The molecule has 1 heterocycles. The van der Waals surface area contributed by atoms with Crippen molar-refractivity contribution in [1.82, 2.24) is 4.57 Å². The summed E-state index contributed by atoms with van der Waals surface area (Å²) in [6.07, 6.45) is 3.38. The van der Waals surface area contributed by atoms with Crippen LogP contribution in [0.25, 0.3) is 10.9 Å². The van der Waals surface area contributed by atoms with Crippen LogP contribution in [0.2, 0.25) is 0 Å².